The van der Waals surface area contributed by atoms with Crippen LogP contribution in [0.4, 0.5) is 14.5 Å². The van der Waals surface area contributed by atoms with E-state index in [2.05, 4.69) is 15.0 Å². The van der Waals surface area contributed by atoms with Gasteiger partial charge in [-0.05, 0) is 36.4 Å². The monoisotopic (exact) mass is 497 g/mol. The van der Waals surface area contributed by atoms with Crippen molar-refractivity contribution in [3.8, 4) is 17.1 Å². The number of nitrogens with zero attached hydrogens (tertiary/aromatic N) is 5. The van der Waals surface area contributed by atoms with Crippen molar-refractivity contribution in [3.63, 3.8) is 0 Å². The summed E-state index contributed by atoms with van der Waals surface area (Å²) in [7, 11) is 1.60. The van der Waals surface area contributed by atoms with Crippen molar-refractivity contribution in [2.75, 3.05) is 44.7 Å². The number of rotatable bonds is 6. The number of carbonyl (C=O) groups is 2. The molecule has 3 aromatic rings. The topological polar surface area (TPSA) is 92.0 Å². The van der Waals surface area contributed by atoms with E-state index in [0.29, 0.717) is 44.4 Å². The second-order valence-electron chi connectivity index (χ2n) is 8.84. The van der Waals surface area contributed by atoms with Crippen LogP contribution in [0, 0.1) is 17.6 Å². The summed E-state index contributed by atoms with van der Waals surface area (Å²) < 4.78 is 37.9. The summed E-state index contributed by atoms with van der Waals surface area (Å²) in [5, 5.41) is 4.05. The number of ether oxygens (including phenoxy) is 1. The van der Waals surface area contributed by atoms with Gasteiger partial charge in [0.1, 0.15) is 17.4 Å². The number of hydrogen-bond donors (Lipinski definition) is 0. The zero-order valence-corrected chi connectivity index (χ0v) is 19.7. The molecule has 2 saturated heterocycles. The first kappa shape index (κ1) is 23.9. The molecule has 0 aliphatic carbocycles. The Kier molecular flexibility index (Phi) is 6.64. The molecule has 2 fully saturated rings. The molecule has 3 heterocycles. The number of hydrogen-bond acceptors (Lipinski definition) is 7. The Bertz CT molecular complexity index is 1260. The van der Waals surface area contributed by atoms with E-state index < -0.39 is 17.6 Å². The molecular formula is C25H25F2N5O4. The Morgan fingerprint density at radius 2 is 1.86 bits per heavy atom. The normalized spacial score (nSPS) is 18.6. The Morgan fingerprint density at radius 3 is 2.56 bits per heavy atom. The summed E-state index contributed by atoms with van der Waals surface area (Å²) in [6.07, 6.45) is 0.00594. The Morgan fingerprint density at radius 1 is 1.11 bits per heavy atom. The third-order valence-electron chi connectivity index (χ3n) is 6.53. The molecule has 2 aliphatic rings. The zero-order valence-electron chi connectivity index (χ0n) is 19.7. The lowest BCUT2D eigenvalue weighted by Crippen LogP contribution is -2.50. The van der Waals surface area contributed by atoms with Crippen LogP contribution < -0.4 is 9.64 Å². The molecule has 0 bridgehead atoms. The molecule has 9 nitrogen and oxygen atoms in total. The van der Waals surface area contributed by atoms with E-state index in [1.165, 1.54) is 11.0 Å². The molecular weight excluding hydrogens is 472 g/mol. The molecule has 36 heavy (non-hydrogen) atoms. The average molecular weight is 498 g/mol. The summed E-state index contributed by atoms with van der Waals surface area (Å²) >= 11 is 0. The van der Waals surface area contributed by atoms with Crippen molar-refractivity contribution in [1.29, 1.82) is 0 Å². The minimum Gasteiger partial charge on any atom is -0.497 e. The van der Waals surface area contributed by atoms with E-state index in [4.69, 9.17) is 9.26 Å². The van der Waals surface area contributed by atoms with Crippen LogP contribution in [0.2, 0.25) is 0 Å². The van der Waals surface area contributed by atoms with Crippen molar-refractivity contribution in [3.05, 3.63) is 60.0 Å². The van der Waals surface area contributed by atoms with Crippen LogP contribution in [0.1, 0.15) is 12.3 Å². The maximum atomic E-state index is 14.2. The molecule has 0 radical (unpaired) electrons. The van der Waals surface area contributed by atoms with Crippen molar-refractivity contribution < 1.29 is 27.6 Å². The van der Waals surface area contributed by atoms with Gasteiger partial charge in [-0.1, -0.05) is 5.16 Å². The zero-order chi connectivity index (χ0) is 25.2. The Hall–Kier alpha value is -3.86. The highest BCUT2D eigenvalue weighted by Crippen LogP contribution is 2.29. The number of methoxy groups -OCH3 is 1. The molecule has 0 N–H and O–H groups in total. The first-order valence-corrected chi connectivity index (χ1v) is 11.6. The number of benzene rings is 2. The summed E-state index contributed by atoms with van der Waals surface area (Å²) in [4.78, 5) is 35.1. The summed E-state index contributed by atoms with van der Waals surface area (Å²) in [6.45, 7) is 2.76. The van der Waals surface area contributed by atoms with E-state index >= 15 is 0 Å². The molecule has 5 rings (SSSR count). The lowest BCUT2D eigenvalue weighted by molar-refractivity contribution is -0.137. The van der Waals surface area contributed by atoms with Gasteiger partial charge in [0.2, 0.25) is 23.5 Å². The highest BCUT2D eigenvalue weighted by atomic mass is 19.1. The Balaban J connectivity index is 1.14. The SMILES string of the molecule is COc1ccc(-c2noc(CN3CCN(C(=O)C4CC(=O)N(c5ccc(F)cc5F)C4)CC3)n2)cc1. The van der Waals surface area contributed by atoms with Crippen LogP contribution in [0.25, 0.3) is 11.4 Å². The van der Waals surface area contributed by atoms with Crippen molar-refractivity contribution in [2.24, 2.45) is 5.92 Å². The van der Waals surface area contributed by atoms with E-state index in [-0.39, 0.29) is 30.5 Å². The van der Waals surface area contributed by atoms with E-state index in [9.17, 15) is 18.4 Å². The largest absolute Gasteiger partial charge is 0.497 e. The molecule has 2 aromatic carbocycles. The maximum absolute atomic E-state index is 14.2. The van der Waals surface area contributed by atoms with Gasteiger partial charge in [0.05, 0.1) is 25.3 Å². The lowest BCUT2D eigenvalue weighted by atomic mass is 10.1. The number of anilines is 1. The minimum absolute atomic E-state index is 0.00455. The first-order chi connectivity index (χ1) is 17.4. The van der Waals surface area contributed by atoms with Gasteiger partial charge >= 0.3 is 0 Å². The molecule has 11 heteroatoms. The number of amides is 2. The van der Waals surface area contributed by atoms with Crippen LogP contribution in [-0.4, -0.2) is 71.6 Å². The standard InChI is InChI=1S/C25H25F2N5O4/c1-35-19-5-2-16(3-6-19)24-28-22(36-29-24)15-30-8-10-31(11-9-30)25(34)17-12-23(33)32(14-17)21-7-4-18(26)13-20(21)27/h2-7,13,17H,8-12,14-15H2,1H3. The van der Waals surface area contributed by atoms with Gasteiger partial charge in [-0.3, -0.25) is 14.5 Å². The number of carbonyl (C=O) groups excluding carboxylic acids is 2. The molecule has 2 aliphatic heterocycles. The van der Waals surface area contributed by atoms with Crippen LogP contribution in [0.3, 0.4) is 0 Å². The molecule has 1 unspecified atom stereocenters. The van der Waals surface area contributed by atoms with Gasteiger partial charge in [-0.25, -0.2) is 8.78 Å². The maximum Gasteiger partial charge on any atom is 0.241 e. The number of aromatic nitrogens is 2. The summed E-state index contributed by atoms with van der Waals surface area (Å²) in [6, 6.07) is 10.4. The van der Waals surface area contributed by atoms with E-state index in [0.717, 1.165) is 23.4 Å². The van der Waals surface area contributed by atoms with Gasteiger partial charge < -0.3 is 19.1 Å². The predicted octanol–water partition coefficient (Wildman–Crippen LogP) is 2.72. The van der Waals surface area contributed by atoms with Crippen LogP contribution in [0.5, 0.6) is 5.75 Å². The van der Waals surface area contributed by atoms with Gasteiger partial charge in [-0.15, -0.1) is 0 Å². The molecule has 0 saturated carbocycles. The quantitative estimate of drug-likeness (QED) is 0.517. The van der Waals surface area contributed by atoms with E-state index in [1.807, 2.05) is 24.3 Å². The van der Waals surface area contributed by atoms with Crippen LogP contribution in [0.15, 0.2) is 47.0 Å². The number of halogens is 2. The van der Waals surface area contributed by atoms with Crippen LogP contribution in [-0.2, 0) is 16.1 Å². The number of piperazine rings is 1. The molecule has 1 atom stereocenters. The second kappa shape index (κ2) is 10.0. The van der Waals surface area contributed by atoms with Gasteiger partial charge in [0.15, 0.2) is 0 Å². The second-order valence-corrected chi connectivity index (χ2v) is 8.84. The highest BCUT2D eigenvalue weighted by Gasteiger charge is 2.38. The summed E-state index contributed by atoms with van der Waals surface area (Å²) in [5.41, 5.74) is 0.817. The molecule has 2 amide bonds. The molecule has 1 aromatic heterocycles. The van der Waals surface area contributed by atoms with Gasteiger partial charge in [-0.2, -0.15) is 4.98 Å². The Labute approximate surface area is 206 Å². The van der Waals surface area contributed by atoms with Gasteiger partial charge in [0, 0.05) is 50.8 Å². The predicted molar refractivity (Wildman–Crippen MR) is 125 cm³/mol. The fourth-order valence-electron chi connectivity index (χ4n) is 4.56. The highest BCUT2D eigenvalue weighted by molar-refractivity contribution is 6.00. The average Bonchev–Trinajstić information content (AvgIpc) is 3.51. The van der Waals surface area contributed by atoms with Crippen molar-refractivity contribution in [1.82, 2.24) is 19.9 Å². The van der Waals surface area contributed by atoms with Crippen molar-refractivity contribution in [2.45, 2.75) is 13.0 Å². The lowest BCUT2D eigenvalue weighted by Gasteiger charge is -2.35. The molecule has 188 valence electrons. The third-order valence-corrected chi connectivity index (χ3v) is 6.53. The van der Waals surface area contributed by atoms with Crippen LogP contribution >= 0.6 is 0 Å². The fourth-order valence-corrected chi connectivity index (χ4v) is 4.56. The van der Waals surface area contributed by atoms with Crippen molar-refractivity contribution >= 4 is 17.5 Å². The first-order valence-electron chi connectivity index (χ1n) is 11.6. The molecule has 0 spiro atoms. The fraction of sp³-hybridized carbons (Fsp3) is 0.360. The van der Waals surface area contributed by atoms with E-state index in [1.54, 1.807) is 12.0 Å². The minimum atomic E-state index is -0.818. The smallest absolute Gasteiger partial charge is 0.241 e. The summed E-state index contributed by atoms with van der Waals surface area (Å²) in [5.74, 6) is -0.849. The third kappa shape index (κ3) is 4.92. The van der Waals surface area contributed by atoms with Gasteiger partial charge in [0.25, 0.3) is 0 Å².